The highest BCUT2D eigenvalue weighted by atomic mass is 32.1. The molecule has 0 aliphatic carbocycles. The molecule has 0 saturated heterocycles. The van der Waals surface area contributed by atoms with Gasteiger partial charge in [-0.05, 0) is 36.6 Å². The van der Waals surface area contributed by atoms with Gasteiger partial charge < -0.3 is 5.32 Å². The Labute approximate surface area is 149 Å². The third-order valence-electron chi connectivity index (χ3n) is 3.76. The van der Waals surface area contributed by atoms with Crippen LogP contribution >= 0.6 is 11.3 Å². The van der Waals surface area contributed by atoms with Gasteiger partial charge in [0.15, 0.2) is 5.13 Å². The minimum Gasteiger partial charge on any atom is -0.302 e. The van der Waals surface area contributed by atoms with Crippen LogP contribution in [-0.4, -0.2) is 20.7 Å². The quantitative estimate of drug-likeness (QED) is 0.699. The molecule has 2 aromatic heterocycles. The fraction of sp³-hybridized carbons (Fsp3) is 0.278. The van der Waals surface area contributed by atoms with E-state index in [2.05, 4.69) is 15.4 Å². The lowest BCUT2D eigenvalue weighted by Gasteiger charge is -2.02. The Morgan fingerprint density at radius 1 is 1.40 bits per heavy atom. The van der Waals surface area contributed by atoms with Gasteiger partial charge in [0, 0.05) is 42.9 Å². The number of thiazole rings is 1. The highest BCUT2D eigenvalue weighted by Crippen LogP contribution is 2.22. The first kappa shape index (κ1) is 17.3. The van der Waals surface area contributed by atoms with Crippen molar-refractivity contribution in [3.63, 3.8) is 0 Å². The molecule has 130 valence electrons. The van der Waals surface area contributed by atoms with Gasteiger partial charge in [0.1, 0.15) is 5.82 Å². The fourth-order valence-corrected chi connectivity index (χ4v) is 3.27. The number of hydrogen-bond donors (Lipinski definition) is 1. The van der Waals surface area contributed by atoms with E-state index < -0.39 is 0 Å². The van der Waals surface area contributed by atoms with E-state index in [0.717, 1.165) is 10.4 Å². The number of hydrogen-bond acceptors (Lipinski definition) is 4. The van der Waals surface area contributed by atoms with Crippen molar-refractivity contribution in [1.29, 1.82) is 0 Å². The van der Waals surface area contributed by atoms with Gasteiger partial charge in [0.05, 0.1) is 0 Å². The normalized spacial score (nSPS) is 10.8. The van der Waals surface area contributed by atoms with E-state index in [4.69, 9.17) is 0 Å². The van der Waals surface area contributed by atoms with Gasteiger partial charge in [-0.2, -0.15) is 5.10 Å². The summed E-state index contributed by atoms with van der Waals surface area (Å²) in [5.74, 6) is -0.262. The van der Waals surface area contributed by atoms with Crippen LogP contribution in [0.2, 0.25) is 0 Å². The molecule has 3 rings (SSSR count). The molecule has 1 N–H and O–H groups in total. The van der Waals surface area contributed by atoms with E-state index in [9.17, 15) is 9.18 Å². The van der Waals surface area contributed by atoms with Crippen molar-refractivity contribution >= 4 is 22.4 Å². The summed E-state index contributed by atoms with van der Waals surface area (Å²) >= 11 is 1.41. The molecule has 0 aliphatic rings. The number of halogens is 1. The molecule has 3 aromatic rings. The molecule has 1 amide bonds. The van der Waals surface area contributed by atoms with Gasteiger partial charge in [-0.1, -0.05) is 12.1 Å². The summed E-state index contributed by atoms with van der Waals surface area (Å²) in [5.41, 5.74) is 1.53. The van der Waals surface area contributed by atoms with Gasteiger partial charge in [-0.25, -0.2) is 9.37 Å². The standard InChI is InChI=1S/C18H19FN4OS/c1-13-5-6-14(11-16(13)19)10-15-12-20-18(25-15)22-17(24)4-2-8-23-9-3-7-21-23/h3,5-7,9,11-12H,2,4,8,10H2,1H3,(H,20,22,24). The lowest BCUT2D eigenvalue weighted by atomic mass is 10.1. The third-order valence-corrected chi connectivity index (χ3v) is 4.68. The maximum Gasteiger partial charge on any atom is 0.226 e. The number of amides is 1. The highest BCUT2D eigenvalue weighted by Gasteiger charge is 2.08. The first-order chi connectivity index (χ1) is 12.1. The number of carbonyl (C=O) groups is 1. The van der Waals surface area contributed by atoms with Gasteiger partial charge >= 0.3 is 0 Å². The number of anilines is 1. The molecule has 0 fully saturated rings. The summed E-state index contributed by atoms with van der Waals surface area (Å²) in [4.78, 5) is 17.2. The van der Waals surface area contributed by atoms with Crippen molar-refractivity contribution < 1.29 is 9.18 Å². The van der Waals surface area contributed by atoms with Crippen molar-refractivity contribution in [3.8, 4) is 0 Å². The first-order valence-electron chi connectivity index (χ1n) is 8.07. The third kappa shape index (κ3) is 4.96. The number of benzene rings is 1. The molecule has 0 spiro atoms. The molecule has 0 atom stereocenters. The van der Waals surface area contributed by atoms with Crippen LogP contribution in [0.25, 0.3) is 0 Å². The average molecular weight is 358 g/mol. The Morgan fingerprint density at radius 3 is 3.04 bits per heavy atom. The molecular weight excluding hydrogens is 339 g/mol. The second-order valence-corrected chi connectivity index (χ2v) is 6.93. The summed E-state index contributed by atoms with van der Waals surface area (Å²) in [5, 5.41) is 7.49. The summed E-state index contributed by atoms with van der Waals surface area (Å²) in [6, 6.07) is 7.08. The van der Waals surface area contributed by atoms with E-state index in [0.29, 0.717) is 36.5 Å². The molecule has 1 aromatic carbocycles. The number of carbonyl (C=O) groups excluding carboxylic acids is 1. The van der Waals surface area contributed by atoms with Gasteiger partial charge in [-0.3, -0.25) is 9.48 Å². The summed E-state index contributed by atoms with van der Waals surface area (Å²) < 4.78 is 15.4. The topological polar surface area (TPSA) is 59.8 Å². The lowest BCUT2D eigenvalue weighted by molar-refractivity contribution is -0.116. The molecule has 0 bridgehead atoms. The molecule has 2 heterocycles. The number of nitrogens with one attached hydrogen (secondary N) is 1. The predicted octanol–water partition coefficient (Wildman–Crippen LogP) is 3.80. The van der Waals surface area contributed by atoms with Crippen LogP contribution in [0.1, 0.15) is 28.8 Å². The monoisotopic (exact) mass is 358 g/mol. The van der Waals surface area contributed by atoms with Crippen LogP contribution in [0.15, 0.2) is 42.9 Å². The first-order valence-corrected chi connectivity index (χ1v) is 8.89. The van der Waals surface area contributed by atoms with E-state index in [1.807, 2.05) is 18.3 Å². The maximum atomic E-state index is 13.6. The molecular formula is C18H19FN4OS. The predicted molar refractivity (Wildman–Crippen MR) is 96.1 cm³/mol. The maximum absolute atomic E-state index is 13.6. The van der Waals surface area contributed by atoms with Crippen molar-refractivity contribution in [3.05, 3.63) is 64.7 Å². The van der Waals surface area contributed by atoms with Crippen molar-refractivity contribution in [2.24, 2.45) is 0 Å². The SMILES string of the molecule is Cc1ccc(Cc2cnc(NC(=O)CCCn3cccn3)s2)cc1F. The number of aryl methyl sites for hydroxylation is 2. The van der Waals surface area contributed by atoms with Gasteiger partial charge in [0.2, 0.25) is 5.91 Å². The zero-order valence-corrected chi connectivity index (χ0v) is 14.7. The van der Waals surface area contributed by atoms with Crippen LogP contribution in [0, 0.1) is 12.7 Å². The largest absolute Gasteiger partial charge is 0.302 e. The van der Waals surface area contributed by atoms with Crippen molar-refractivity contribution in [2.75, 3.05) is 5.32 Å². The van der Waals surface area contributed by atoms with Crippen LogP contribution in [0.3, 0.4) is 0 Å². The Hall–Kier alpha value is -2.54. The molecule has 5 nitrogen and oxygen atoms in total. The van der Waals surface area contributed by atoms with Crippen LogP contribution in [0.5, 0.6) is 0 Å². The van der Waals surface area contributed by atoms with Gasteiger partial charge in [0.25, 0.3) is 0 Å². The highest BCUT2D eigenvalue weighted by molar-refractivity contribution is 7.15. The van der Waals surface area contributed by atoms with Crippen LogP contribution in [0.4, 0.5) is 9.52 Å². The second-order valence-electron chi connectivity index (χ2n) is 5.81. The smallest absolute Gasteiger partial charge is 0.226 e. The fourth-order valence-electron chi connectivity index (χ4n) is 2.41. The van der Waals surface area contributed by atoms with Crippen molar-refractivity contribution in [2.45, 2.75) is 32.7 Å². The van der Waals surface area contributed by atoms with E-state index >= 15 is 0 Å². The summed E-state index contributed by atoms with van der Waals surface area (Å²) in [6.07, 6.45) is 7.05. The van der Waals surface area contributed by atoms with Crippen LogP contribution < -0.4 is 5.32 Å². The number of rotatable bonds is 7. The minimum atomic E-state index is -0.201. The molecule has 0 radical (unpaired) electrons. The summed E-state index contributed by atoms with van der Waals surface area (Å²) in [7, 11) is 0. The second kappa shape index (κ2) is 8.02. The number of aromatic nitrogens is 3. The Kier molecular flexibility index (Phi) is 5.55. The van der Waals surface area contributed by atoms with E-state index in [1.165, 1.54) is 11.3 Å². The van der Waals surface area contributed by atoms with E-state index in [-0.39, 0.29) is 11.7 Å². The van der Waals surface area contributed by atoms with Crippen LogP contribution in [-0.2, 0) is 17.8 Å². The molecule has 0 aliphatic heterocycles. The molecule has 25 heavy (non-hydrogen) atoms. The molecule has 7 heteroatoms. The zero-order chi connectivity index (χ0) is 17.6. The summed E-state index contributed by atoms with van der Waals surface area (Å²) in [6.45, 7) is 2.45. The molecule has 0 unspecified atom stereocenters. The zero-order valence-electron chi connectivity index (χ0n) is 13.9. The Balaban J connectivity index is 1.49. The van der Waals surface area contributed by atoms with Gasteiger partial charge in [-0.15, -0.1) is 11.3 Å². The Bertz CT molecular complexity index is 845. The van der Waals surface area contributed by atoms with Crippen molar-refractivity contribution in [1.82, 2.24) is 14.8 Å². The number of nitrogens with zero attached hydrogens (tertiary/aromatic N) is 3. The molecule has 0 saturated carbocycles. The van der Waals surface area contributed by atoms with E-state index in [1.54, 1.807) is 36.1 Å². The Morgan fingerprint density at radius 2 is 2.28 bits per heavy atom. The average Bonchev–Trinajstić information content (AvgIpc) is 3.23. The lowest BCUT2D eigenvalue weighted by Crippen LogP contribution is -2.12. The minimum absolute atomic E-state index is 0.0607.